The van der Waals surface area contributed by atoms with Gasteiger partial charge in [-0.05, 0) is 47.1 Å². The maximum absolute atomic E-state index is 13.0. The molecule has 2 N–H and O–H groups in total. The summed E-state index contributed by atoms with van der Waals surface area (Å²) in [6.45, 7) is 0.667. The highest BCUT2D eigenvalue weighted by Gasteiger charge is 2.37. The monoisotopic (exact) mass is 528 g/mol. The lowest BCUT2D eigenvalue weighted by Crippen LogP contribution is -2.56. The Bertz CT molecular complexity index is 1280. The molecule has 2 amide bonds. The SMILES string of the molecule is O=C(O)CC(NC(=O)OCC1c2ccccc2-c2ccccc21)C1CCCCN1C(=O)OCc1ccccc1. The second kappa shape index (κ2) is 12.0. The molecule has 0 aromatic heterocycles. The summed E-state index contributed by atoms with van der Waals surface area (Å²) < 4.78 is 11.2. The van der Waals surface area contributed by atoms with Crippen molar-refractivity contribution in [2.75, 3.05) is 13.2 Å². The predicted octanol–water partition coefficient (Wildman–Crippen LogP) is 5.56. The number of carbonyl (C=O) groups is 3. The van der Waals surface area contributed by atoms with Crippen molar-refractivity contribution in [3.63, 3.8) is 0 Å². The van der Waals surface area contributed by atoms with Gasteiger partial charge in [-0.2, -0.15) is 0 Å². The number of carboxylic acids is 1. The number of nitrogens with zero attached hydrogens (tertiary/aromatic N) is 1. The van der Waals surface area contributed by atoms with Gasteiger partial charge in [-0.15, -0.1) is 0 Å². The van der Waals surface area contributed by atoms with Crippen LogP contribution in [0.5, 0.6) is 0 Å². The molecule has 8 heteroatoms. The van der Waals surface area contributed by atoms with E-state index in [-0.39, 0.29) is 25.6 Å². The van der Waals surface area contributed by atoms with Crippen molar-refractivity contribution in [1.82, 2.24) is 10.2 Å². The van der Waals surface area contributed by atoms with E-state index < -0.39 is 30.2 Å². The van der Waals surface area contributed by atoms with E-state index in [0.717, 1.165) is 40.7 Å². The summed E-state index contributed by atoms with van der Waals surface area (Å²) >= 11 is 0. The van der Waals surface area contributed by atoms with Crippen LogP contribution in [-0.2, 0) is 20.9 Å². The Morgan fingerprint density at radius 2 is 1.51 bits per heavy atom. The van der Waals surface area contributed by atoms with Crippen molar-refractivity contribution in [2.24, 2.45) is 0 Å². The lowest BCUT2D eigenvalue weighted by Gasteiger charge is -2.39. The lowest BCUT2D eigenvalue weighted by atomic mass is 9.94. The van der Waals surface area contributed by atoms with Gasteiger partial charge in [0, 0.05) is 12.5 Å². The van der Waals surface area contributed by atoms with Crippen LogP contribution in [0.25, 0.3) is 11.1 Å². The van der Waals surface area contributed by atoms with E-state index in [1.54, 1.807) is 4.90 Å². The van der Waals surface area contributed by atoms with Gasteiger partial charge in [0.2, 0.25) is 0 Å². The van der Waals surface area contributed by atoms with Crippen LogP contribution in [0.2, 0.25) is 0 Å². The Labute approximate surface area is 227 Å². The molecule has 1 saturated heterocycles. The zero-order valence-electron chi connectivity index (χ0n) is 21.6. The average Bonchev–Trinajstić information content (AvgIpc) is 3.28. The largest absolute Gasteiger partial charge is 0.481 e. The molecule has 2 atom stereocenters. The minimum atomic E-state index is -1.07. The molecule has 202 valence electrons. The fraction of sp³-hybridized carbons (Fsp3) is 0.323. The van der Waals surface area contributed by atoms with Gasteiger partial charge in [0.15, 0.2) is 0 Å². The fourth-order valence-electron chi connectivity index (χ4n) is 5.67. The third-order valence-corrected chi connectivity index (χ3v) is 7.49. The maximum atomic E-state index is 13.0. The maximum Gasteiger partial charge on any atom is 0.410 e. The van der Waals surface area contributed by atoms with Crippen LogP contribution < -0.4 is 5.32 Å². The van der Waals surface area contributed by atoms with Gasteiger partial charge < -0.3 is 24.8 Å². The van der Waals surface area contributed by atoms with E-state index in [4.69, 9.17) is 9.47 Å². The number of piperidine rings is 1. The van der Waals surface area contributed by atoms with Crippen molar-refractivity contribution in [2.45, 2.75) is 50.3 Å². The van der Waals surface area contributed by atoms with Gasteiger partial charge in [-0.3, -0.25) is 4.79 Å². The summed E-state index contributed by atoms with van der Waals surface area (Å²) in [6, 6.07) is 24.1. The topological polar surface area (TPSA) is 105 Å². The van der Waals surface area contributed by atoms with Gasteiger partial charge >= 0.3 is 18.2 Å². The van der Waals surface area contributed by atoms with E-state index in [1.165, 1.54) is 0 Å². The highest BCUT2D eigenvalue weighted by molar-refractivity contribution is 5.79. The van der Waals surface area contributed by atoms with E-state index >= 15 is 0 Å². The van der Waals surface area contributed by atoms with Crippen LogP contribution >= 0.6 is 0 Å². The highest BCUT2D eigenvalue weighted by atomic mass is 16.6. The molecule has 3 aromatic rings. The van der Waals surface area contributed by atoms with Crippen molar-refractivity contribution in [1.29, 1.82) is 0 Å². The molecule has 8 nitrogen and oxygen atoms in total. The molecule has 2 unspecified atom stereocenters. The Morgan fingerprint density at radius 1 is 0.872 bits per heavy atom. The lowest BCUT2D eigenvalue weighted by molar-refractivity contribution is -0.138. The number of alkyl carbamates (subject to hydrolysis) is 1. The van der Waals surface area contributed by atoms with E-state index in [2.05, 4.69) is 17.4 Å². The first kappa shape index (κ1) is 26.3. The number of carboxylic acid groups (broad SMARTS) is 1. The van der Waals surface area contributed by atoms with Gasteiger partial charge in [-0.25, -0.2) is 9.59 Å². The number of ether oxygens (including phenoxy) is 2. The summed E-state index contributed by atoms with van der Waals surface area (Å²) in [4.78, 5) is 39.3. The summed E-state index contributed by atoms with van der Waals surface area (Å²) in [5.74, 6) is -1.18. The zero-order valence-corrected chi connectivity index (χ0v) is 21.6. The predicted molar refractivity (Wildman–Crippen MR) is 145 cm³/mol. The minimum absolute atomic E-state index is 0.111. The van der Waals surface area contributed by atoms with Crippen LogP contribution in [0.1, 0.15) is 48.3 Å². The quantitative estimate of drug-likeness (QED) is 0.397. The number of carbonyl (C=O) groups excluding carboxylic acids is 2. The number of amides is 2. The molecular weight excluding hydrogens is 496 g/mol. The van der Waals surface area contributed by atoms with Crippen molar-refractivity contribution in [3.05, 3.63) is 95.6 Å². The van der Waals surface area contributed by atoms with Gasteiger partial charge in [0.1, 0.15) is 13.2 Å². The molecule has 39 heavy (non-hydrogen) atoms. The van der Waals surface area contributed by atoms with Gasteiger partial charge in [0.25, 0.3) is 0 Å². The molecule has 0 radical (unpaired) electrons. The smallest absolute Gasteiger partial charge is 0.410 e. The highest BCUT2D eigenvalue weighted by Crippen LogP contribution is 2.44. The van der Waals surface area contributed by atoms with Crippen LogP contribution in [0.15, 0.2) is 78.9 Å². The van der Waals surface area contributed by atoms with E-state index in [1.807, 2.05) is 66.7 Å². The van der Waals surface area contributed by atoms with Crippen molar-refractivity contribution >= 4 is 18.2 Å². The normalized spacial score (nSPS) is 17.0. The molecule has 5 rings (SSSR count). The number of nitrogens with one attached hydrogen (secondary N) is 1. The Hall–Kier alpha value is -4.33. The standard InChI is InChI=1S/C31H32N2O6/c34-29(35)18-27(28-16-8-9-17-33(28)31(37)39-19-21-10-2-1-3-11-21)32-30(36)38-20-26-24-14-6-4-12-22(24)23-13-5-7-15-25(23)26/h1-7,10-15,26-28H,8-9,16-20H2,(H,32,36)(H,34,35). The number of fused-ring (bicyclic) bond motifs is 3. The first-order valence-electron chi connectivity index (χ1n) is 13.3. The summed E-state index contributed by atoms with van der Waals surface area (Å²) in [5, 5.41) is 12.4. The second-order valence-electron chi connectivity index (χ2n) is 9.97. The van der Waals surface area contributed by atoms with Crippen LogP contribution in [0, 0.1) is 0 Å². The second-order valence-corrected chi connectivity index (χ2v) is 9.97. The molecule has 1 heterocycles. The average molecular weight is 529 g/mol. The number of aliphatic carboxylic acids is 1. The third-order valence-electron chi connectivity index (χ3n) is 7.49. The van der Waals surface area contributed by atoms with Gasteiger partial charge in [0.05, 0.1) is 18.5 Å². The first-order chi connectivity index (χ1) is 19.0. The third kappa shape index (κ3) is 6.06. The van der Waals surface area contributed by atoms with Crippen molar-refractivity contribution in [3.8, 4) is 11.1 Å². The van der Waals surface area contributed by atoms with Crippen LogP contribution in [0.3, 0.4) is 0 Å². The fourth-order valence-corrected chi connectivity index (χ4v) is 5.67. The molecule has 1 aliphatic carbocycles. The number of benzene rings is 3. The van der Waals surface area contributed by atoms with E-state index in [0.29, 0.717) is 13.0 Å². The zero-order chi connectivity index (χ0) is 27.2. The van der Waals surface area contributed by atoms with Crippen LogP contribution in [0.4, 0.5) is 9.59 Å². The Kier molecular flexibility index (Phi) is 8.10. The summed E-state index contributed by atoms with van der Waals surface area (Å²) in [6.07, 6.45) is 0.594. The van der Waals surface area contributed by atoms with E-state index in [9.17, 15) is 19.5 Å². The number of likely N-dealkylation sites (tertiary alicyclic amines) is 1. The Balaban J connectivity index is 1.25. The number of hydrogen-bond donors (Lipinski definition) is 2. The summed E-state index contributed by atoms with van der Waals surface area (Å²) in [7, 11) is 0. The first-order valence-corrected chi connectivity index (χ1v) is 13.3. The minimum Gasteiger partial charge on any atom is -0.481 e. The molecule has 3 aromatic carbocycles. The molecule has 0 saturated carbocycles. The van der Waals surface area contributed by atoms with Gasteiger partial charge in [-0.1, -0.05) is 78.9 Å². The molecule has 0 bridgehead atoms. The number of hydrogen-bond acceptors (Lipinski definition) is 5. The molecule has 1 fully saturated rings. The molecule has 2 aliphatic rings. The molecule has 0 spiro atoms. The van der Waals surface area contributed by atoms with Crippen molar-refractivity contribution < 1.29 is 29.0 Å². The summed E-state index contributed by atoms with van der Waals surface area (Å²) in [5.41, 5.74) is 5.29. The van der Waals surface area contributed by atoms with Crippen LogP contribution in [-0.4, -0.2) is 53.4 Å². The number of rotatable bonds is 8. The molecular formula is C31H32N2O6. The Morgan fingerprint density at radius 3 is 2.18 bits per heavy atom. The molecule has 1 aliphatic heterocycles.